The molecule has 3 rings (SSSR count). The first-order valence-corrected chi connectivity index (χ1v) is 7.83. The van der Waals surface area contributed by atoms with E-state index in [-0.39, 0.29) is 0 Å². The number of aromatic nitrogens is 3. The molecule has 0 bridgehead atoms. The quantitative estimate of drug-likeness (QED) is 0.872. The Kier molecular flexibility index (Phi) is 4.38. The van der Waals surface area contributed by atoms with Gasteiger partial charge in [-0.05, 0) is 26.2 Å². The van der Waals surface area contributed by atoms with Crippen LogP contribution in [0.15, 0.2) is 0 Å². The number of hydrogen-bond donors (Lipinski definition) is 1. The SMILES string of the molecule is CCNc1nc(N2CCCC2)nc(N(C)C2CCOC2)n1. The molecule has 116 valence electrons. The second kappa shape index (κ2) is 6.43. The maximum atomic E-state index is 5.47. The van der Waals surface area contributed by atoms with Crippen molar-refractivity contribution in [1.29, 1.82) is 0 Å². The fourth-order valence-corrected chi connectivity index (χ4v) is 2.80. The number of anilines is 3. The van der Waals surface area contributed by atoms with Crippen LogP contribution in [0.25, 0.3) is 0 Å². The van der Waals surface area contributed by atoms with Gasteiger partial charge in [0.2, 0.25) is 17.8 Å². The predicted molar refractivity (Wildman–Crippen MR) is 83.1 cm³/mol. The monoisotopic (exact) mass is 292 g/mol. The number of hydrogen-bond acceptors (Lipinski definition) is 7. The second-order valence-electron chi connectivity index (χ2n) is 5.61. The molecule has 1 atom stereocenters. The highest BCUT2D eigenvalue weighted by atomic mass is 16.5. The molecule has 0 spiro atoms. The zero-order valence-corrected chi connectivity index (χ0v) is 12.9. The van der Waals surface area contributed by atoms with Gasteiger partial charge in [-0.15, -0.1) is 0 Å². The zero-order valence-electron chi connectivity index (χ0n) is 12.9. The van der Waals surface area contributed by atoms with Crippen molar-refractivity contribution in [1.82, 2.24) is 15.0 Å². The van der Waals surface area contributed by atoms with E-state index < -0.39 is 0 Å². The summed E-state index contributed by atoms with van der Waals surface area (Å²) in [4.78, 5) is 18.1. The van der Waals surface area contributed by atoms with Crippen molar-refractivity contribution < 1.29 is 4.74 Å². The average molecular weight is 292 g/mol. The van der Waals surface area contributed by atoms with Crippen molar-refractivity contribution in [3.05, 3.63) is 0 Å². The Morgan fingerprint density at radius 2 is 2.10 bits per heavy atom. The van der Waals surface area contributed by atoms with E-state index in [1.165, 1.54) is 12.8 Å². The van der Waals surface area contributed by atoms with Gasteiger partial charge in [0.1, 0.15) is 0 Å². The first-order valence-electron chi connectivity index (χ1n) is 7.83. The number of rotatable bonds is 5. The van der Waals surface area contributed by atoms with Crippen molar-refractivity contribution >= 4 is 17.8 Å². The first kappa shape index (κ1) is 14.3. The lowest BCUT2D eigenvalue weighted by molar-refractivity contribution is 0.193. The molecular formula is C14H24N6O. The molecule has 1 N–H and O–H groups in total. The topological polar surface area (TPSA) is 66.4 Å². The van der Waals surface area contributed by atoms with Crippen LogP contribution in [0.1, 0.15) is 26.2 Å². The molecule has 0 aliphatic carbocycles. The zero-order chi connectivity index (χ0) is 14.7. The lowest BCUT2D eigenvalue weighted by Crippen LogP contribution is -2.34. The van der Waals surface area contributed by atoms with Gasteiger partial charge in [0, 0.05) is 33.3 Å². The standard InChI is InChI=1S/C14H24N6O/c1-3-15-12-16-13(19(2)11-6-9-21-10-11)18-14(17-12)20-7-4-5-8-20/h11H,3-10H2,1-2H3,(H,15,16,17,18). The average Bonchev–Trinajstić information content (AvgIpc) is 3.19. The summed E-state index contributed by atoms with van der Waals surface area (Å²) in [7, 11) is 2.04. The first-order chi connectivity index (χ1) is 10.3. The van der Waals surface area contributed by atoms with E-state index in [1.54, 1.807) is 0 Å². The molecule has 1 aromatic heterocycles. The highest BCUT2D eigenvalue weighted by Crippen LogP contribution is 2.22. The van der Waals surface area contributed by atoms with E-state index in [4.69, 9.17) is 4.74 Å². The molecule has 21 heavy (non-hydrogen) atoms. The summed E-state index contributed by atoms with van der Waals surface area (Å²) < 4.78 is 5.47. The Balaban J connectivity index is 1.86. The second-order valence-corrected chi connectivity index (χ2v) is 5.61. The van der Waals surface area contributed by atoms with Gasteiger partial charge in [-0.3, -0.25) is 0 Å². The lowest BCUT2D eigenvalue weighted by Gasteiger charge is -2.25. The summed E-state index contributed by atoms with van der Waals surface area (Å²) in [6.45, 7) is 6.49. The van der Waals surface area contributed by atoms with E-state index in [9.17, 15) is 0 Å². The molecule has 7 heteroatoms. The largest absolute Gasteiger partial charge is 0.379 e. The summed E-state index contributed by atoms with van der Waals surface area (Å²) in [6.07, 6.45) is 3.45. The van der Waals surface area contributed by atoms with Crippen LogP contribution in [0.4, 0.5) is 17.8 Å². The van der Waals surface area contributed by atoms with Crippen molar-refractivity contribution in [3.63, 3.8) is 0 Å². The molecule has 0 radical (unpaired) electrons. The molecule has 0 saturated carbocycles. The molecule has 2 saturated heterocycles. The highest BCUT2D eigenvalue weighted by molar-refractivity contribution is 5.46. The molecule has 3 heterocycles. The molecule has 0 amide bonds. The summed E-state index contributed by atoms with van der Waals surface area (Å²) in [6, 6.07) is 0.355. The van der Waals surface area contributed by atoms with Gasteiger partial charge in [-0.2, -0.15) is 15.0 Å². The Morgan fingerprint density at radius 1 is 1.29 bits per heavy atom. The van der Waals surface area contributed by atoms with Crippen LogP contribution < -0.4 is 15.1 Å². The van der Waals surface area contributed by atoms with E-state index >= 15 is 0 Å². The fraction of sp³-hybridized carbons (Fsp3) is 0.786. The van der Waals surface area contributed by atoms with Gasteiger partial charge in [0.15, 0.2) is 0 Å². The summed E-state index contributed by atoms with van der Waals surface area (Å²) in [5, 5.41) is 3.21. The molecule has 1 unspecified atom stereocenters. The Morgan fingerprint density at radius 3 is 2.76 bits per heavy atom. The minimum absolute atomic E-state index is 0.355. The highest BCUT2D eigenvalue weighted by Gasteiger charge is 2.24. The molecule has 7 nitrogen and oxygen atoms in total. The maximum absolute atomic E-state index is 5.47. The smallest absolute Gasteiger partial charge is 0.232 e. The third-order valence-electron chi connectivity index (χ3n) is 4.10. The van der Waals surface area contributed by atoms with Gasteiger partial charge < -0.3 is 19.9 Å². The molecule has 2 aliphatic heterocycles. The fourth-order valence-electron chi connectivity index (χ4n) is 2.80. The van der Waals surface area contributed by atoms with Crippen LogP contribution in [0.3, 0.4) is 0 Å². The predicted octanol–water partition coefficient (Wildman–Crippen LogP) is 1.13. The van der Waals surface area contributed by atoms with Crippen LogP contribution in [0.2, 0.25) is 0 Å². The van der Waals surface area contributed by atoms with Crippen molar-refractivity contribution in [2.75, 3.05) is 55.0 Å². The van der Waals surface area contributed by atoms with Crippen molar-refractivity contribution in [2.45, 2.75) is 32.2 Å². The third-order valence-corrected chi connectivity index (χ3v) is 4.10. The number of likely N-dealkylation sites (N-methyl/N-ethyl adjacent to an activating group) is 1. The van der Waals surface area contributed by atoms with E-state index in [2.05, 4.69) is 30.1 Å². The van der Waals surface area contributed by atoms with Crippen LogP contribution in [-0.2, 0) is 4.74 Å². The minimum atomic E-state index is 0.355. The van der Waals surface area contributed by atoms with Gasteiger partial charge in [-0.25, -0.2) is 0 Å². The van der Waals surface area contributed by atoms with E-state index in [1.807, 2.05) is 14.0 Å². The maximum Gasteiger partial charge on any atom is 0.232 e. The Labute approximate surface area is 125 Å². The van der Waals surface area contributed by atoms with Crippen LogP contribution in [-0.4, -0.2) is 60.9 Å². The number of ether oxygens (including phenoxy) is 1. The number of nitrogens with one attached hydrogen (secondary N) is 1. The van der Waals surface area contributed by atoms with Gasteiger partial charge in [0.25, 0.3) is 0 Å². The molecule has 0 aromatic carbocycles. The van der Waals surface area contributed by atoms with Crippen molar-refractivity contribution in [2.24, 2.45) is 0 Å². The van der Waals surface area contributed by atoms with E-state index in [0.29, 0.717) is 12.0 Å². The minimum Gasteiger partial charge on any atom is -0.379 e. The summed E-state index contributed by atoms with van der Waals surface area (Å²) in [5.41, 5.74) is 0. The van der Waals surface area contributed by atoms with Gasteiger partial charge in [-0.1, -0.05) is 0 Å². The third kappa shape index (κ3) is 3.18. The summed E-state index contributed by atoms with van der Waals surface area (Å²) >= 11 is 0. The molecule has 1 aromatic rings. The lowest BCUT2D eigenvalue weighted by atomic mass is 10.2. The van der Waals surface area contributed by atoms with E-state index in [0.717, 1.165) is 51.2 Å². The molecule has 2 fully saturated rings. The van der Waals surface area contributed by atoms with Gasteiger partial charge in [0.05, 0.1) is 12.6 Å². The van der Waals surface area contributed by atoms with Crippen molar-refractivity contribution in [3.8, 4) is 0 Å². The van der Waals surface area contributed by atoms with Crippen LogP contribution in [0.5, 0.6) is 0 Å². The number of nitrogens with zero attached hydrogens (tertiary/aromatic N) is 5. The van der Waals surface area contributed by atoms with Crippen LogP contribution in [0, 0.1) is 0 Å². The van der Waals surface area contributed by atoms with Gasteiger partial charge >= 0.3 is 0 Å². The molecular weight excluding hydrogens is 268 g/mol. The summed E-state index contributed by atoms with van der Waals surface area (Å²) in [5.74, 6) is 2.19. The Bertz CT molecular complexity index is 471. The van der Waals surface area contributed by atoms with Crippen LogP contribution >= 0.6 is 0 Å². The normalized spacial score (nSPS) is 21.8. The Hall–Kier alpha value is -1.63. The molecule has 2 aliphatic rings.